The Kier molecular flexibility index (Phi) is 7.79. The highest BCUT2D eigenvalue weighted by molar-refractivity contribution is 7.93. The minimum absolute atomic E-state index is 0.0324. The van der Waals surface area contributed by atoms with Crippen LogP contribution in [0.2, 0.25) is 0 Å². The van der Waals surface area contributed by atoms with Gasteiger partial charge in [0.25, 0.3) is 0 Å². The number of hydrogen-bond donors (Lipinski definition) is 1. The van der Waals surface area contributed by atoms with E-state index in [1.807, 2.05) is 25.1 Å². The molecule has 198 valence electrons. The smallest absolute Gasteiger partial charge is 0.243 e. The molecular formula is C27H25N7O4S. The standard InChI is InChI=1S/C27H25N7O4S/c1-17-10-22(16-30-15-17)26-31-32-27(34(26)25-23(37-3)6-5-7-24(25)38-4)33-39(35,36)18(2)11-20-9-8-19(13-28)12-21(20)14-29/h5-10,12,15-16,18H,11H2,1-4H3,(H,32,33)/t18-/m1/s1. The van der Waals surface area contributed by atoms with Crippen molar-refractivity contribution in [3.05, 3.63) is 77.1 Å². The van der Waals surface area contributed by atoms with E-state index in [-0.39, 0.29) is 17.9 Å². The molecule has 2 heterocycles. The van der Waals surface area contributed by atoms with Crippen molar-refractivity contribution < 1.29 is 17.9 Å². The highest BCUT2D eigenvalue weighted by atomic mass is 32.2. The van der Waals surface area contributed by atoms with E-state index in [0.29, 0.717) is 39.7 Å². The summed E-state index contributed by atoms with van der Waals surface area (Å²) in [5, 5.41) is 26.1. The molecule has 0 radical (unpaired) electrons. The summed E-state index contributed by atoms with van der Waals surface area (Å²) in [6.45, 7) is 3.41. The van der Waals surface area contributed by atoms with Crippen LogP contribution in [0.15, 0.2) is 54.9 Å². The van der Waals surface area contributed by atoms with Gasteiger partial charge in [-0.25, -0.2) is 8.42 Å². The summed E-state index contributed by atoms with van der Waals surface area (Å²) in [4.78, 5) is 4.24. The summed E-state index contributed by atoms with van der Waals surface area (Å²) in [6.07, 6.45) is 3.33. The summed E-state index contributed by atoms with van der Waals surface area (Å²) in [5.41, 5.74) is 2.95. The molecule has 0 unspecified atom stereocenters. The second-order valence-corrected chi connectivity index (χ2v) is 10.8. The van der Waals surface area contributed by atoms with Gasteiger partial charge in [-0.05, 0) is 61.7 Å². The molecule has 39 heavy (non-hydrogen) atoms. The molecule has 0 aliphatic heterocycles. The largest absolute Gasteiger partial charge is 0.494 e. The number of methoxy groups -OCH3 is 2. The number of anilines is 1. The van der Waals surface area contributed by atoms with Crippen molar-refractivity contribution >= 4 is 16.0 Å². The van der Waals surface area contributed by atoms with Gasteiger partial charge < -0.3 is 9.47 Å². The Bertz CT molecular complexity index is 1700. The molecule has 12 heteroatoms. The number of nitrogens with zero attached hydrogens (tertiary/aromatic N) is 6. The van der Waals surface area contributed by atoms with Gasteiger partial charge in [-0.2, -0.15) is 10.5 Å². The van der Waals surface area contributed by atoms with Crippen LogP contribution in [0.1, 0.15) is 29.2 Å². The van der Waals surface area contributed by atoms with Gasteiger partial charge in [-0.1, -0.05) is 12.1 Å². The second kappa shape index (κ2) is 11.2. The summed E-state index contributed by atoms with van der Waals surface area (Å²) >= 11 is 0. The van der Waals surface area contributed by atoms with Crippen molar-refractivity contribution in [3.8, 4) is 40.7 Å². The van der Waals surface area contributed by atoms with Crippen LogP contribution in [0, 0.1) is 29.6 Å². The Labute approximate surface area is 226 Å². The molecule has 0 fully saturated rings. The van der Waals surface area contributed by atoms with Crippen molar-refractivity contribution in [1.29, 1.82) is 10.5 Å². The molecule has 0 bridgehead atoms. The lowest BCUT2D eigenvalue weighted by atomic mass is 10.0. The number of aromatic nitrogens is 4. The highest BCUT2D eigenvalue weighted by Gasteiger charge is 2.28. The van der Waals surface area contributed by atoms with Crippen molar-refractivity contribution in [2.24, 2.45) is 0 Å². The Balaban J connectivity index is 1.80. The summed E-state index contributed by atoms with van der Waals surface area (Å²) in [6, 6.07) is 15.6. The van der Waals surface area contributed by atoms with Crippen LogP contribution in [0.4, 0.5) is 5.95 Å². The number of sulfonamides is 1. The van der Waals surface area contributed by atoms with E-state index in [0.717, 1.165) is 5.56 Å². The van der Waals surface area contributed by atoms with Gasteiger partial charge in [0.15, 0.2) is 5.82 Å². The first kappa shape index (κ1) is 27.1. The normalized spacial score (nSPS) is 11.7. The van der Waals surface area contributed by atoms with Gasteiger partial charge in [-0.15, -0.1) is 10.2 Å². The van der Waals surface area contributed by atoms with Gasteiger partial charge in [0.1, 0.15) is 17.2 Å². The predicted molar refractivity (Wildman–Crippen MR) is 144 cm³/mol. The van der Waals surface area contributed by atoms with E-state index in [4.69, 9.17) is 14.7 Å². The molecule has 1 atom stereocenters. The Morgan fingerprint density at radius 2 is 1.74 bits per heavy atom. The van der Waals surface area contributed by atoms with Gasteiger partial charge in [-0.3, -0.25) is 14.3 Å². The van der Waals surface area contributed by atoms with Gasteiger partial charge in [0, 0.05) is 18.0 Å². The summed E-state index contributed by atoms with van der Waals surface area (Å²) < 4.78 is 42.3. The maximum absolute atomic E-state index is 13.5. The molecule has 0 saturated carbocycles. The average molecular weight is 544 g/mol. The van der Waals surface area contributed by atoms with Gasteiger partial charge in [0.2, 0.25) is 16.0 Å². The van der Waals surface area contributed by atoms with E-state index in [2.05, 4.69) is 19.9 Å². The van der Waals surface area contributed by atoms with Crippen LogP contribution in [0.5, 0.6) is 11.5 Å². The average Bonchev–Trinajstić information content (AvgIpc) is 3.34. The van der Waals surface area contributed by atoms with Crippen LogP contribution in [-0.4, -0.2) is 47.6 Å². The highest BCUT2D eigenvalue weighted by Crippen LogP contribution is 2.37. The molecule has 0 spiro atoms. The Morgan fingerprint density at radius 3 is 2.36 bits per heavy atom. The Morgan fingerprint density at radius 1 is 1.03 bits per heavy atom. The predicted octanol–water partition coefficient (Wildman–Crippen LogP) is 3.77. The molecule has 1 N–H and O–H groups in total. The van der Waals surface area contributed by atoms with Crippen LogP contribution in [0.25, 0.3) is 17.1 Å². The Hall–Kier alpha value is -4.94. The maximum Gasteiger partial charge on any atom is 0.243 e. The number of nitriles is 2. The molecule has 2 aromatic carbocycles. The number of rotatable bonds is 9. The first-order valence-electron chi connectivity index (χ1n) is 11.8. The lowest BCUT2D eigenvalue weighted by Crippen LogP contribution is -2.29. The number of benzene rings is 2. The summed E-state index contributed by atoms with van der Waals surface area (Å²) in [5.74, 6) is 1.04. The number of aryl methyl sites for hydroxylation is 1. The third-order valence-corrected chi connectivity index (χ3v) is 7.74. The monoisotopic (exact) mass is 543 g/mol. The number of para-hydroxylation sites is 1. The topological polar surface area (TPSA) is 156 Å². The van der Waals surface area contributed by atoms with Crippen molar-refractivity contribution in [3.63, 3.8) is 0 Å². The number of hydrogen-bond acceptors (Lipinski definition) is 9. The maximum atomic E-state index is 13.5. The zero-order valence-corrected chi connectivity index (χ0v) is 22.5. The van der Waals surface area contributed by atoms with Crippen LogP contribution >= 0.6 is 0 Å². The molecular weight excluding hydrogens is 518 g/mol. The van der Waals surface area contributed by atoms with Gasteiger partial charge >= 0.3 is 0 Å². The van der Waals surface area contributed by atoms with E-state index < -0.39 is 15.3 Å². The van der Waals surface area contributed by atoms with E-state index in [1.54, 1.807) is 42.7 Å². The first-order chi connectivity index (χ1) is 18.7. The van der Waals surface area contributed by atoms with Crippen LogP contribution in [0.3, 0.4) is 0 Å². The zero-order chi connectivity index (χ0) is 28.2. The SMILES string of the molecule is COc1cccc(OC)c1-n1c(NS(=O)(=O)[C@H](C)Cc2ccc(C#N)cc2C#N)nnc1-c1cncc(C)c1. The number of nitrogens with one attached hydrogen (secondary N) is 1. The third kappa shape index (κ3) is 5.51. The number of ether oxygens (including phenoxy) is 2. The molecule has 2 aromatic heterocycles. The molecule has 11 nitrogen and oxygen atoms in total. The quantitative estimate of drug-likeness (QED) is 0.332. The zero-order valence-electron chi connectivity index (χ0n) is 21.7. The van der Waals surface area contributed by atoms with Crippen LogP contribution in [-0.2, 0) is 16.4 Å². The lowest BCUT2D eigenvalue weighted by Gasteiger charge is -2.19. The molecule has 0 aliphatic carbocycles. The first-order valence-corrected chi connectivity index (χ1v) is 13.3. The molecule has 4 aromatic rings. The second-order valence-electron chi connectivity index (χ2n) is 8.70. The fourth-order valence-electron chi connectivity index (χ4n) is 4.05. The lowest BCUT2D eigenvalue weighted by molar-refractivity contribution is 0.391. The number of pyridine rings is 1. The molecule has 0 amide bonds. The van der Waals surface area contributed by atoms with E-state index in [9.17, 15) is 13.7 Å². The molecule has 0 saturated heterocycles. The third-order valence-electron chi connectivity index (χ3n) is 6.05. The van der Waals surface area contributed by atoms with Crippen molar-refractivity contribution in [2.75, 3.05) is 18.9 Å². The summed E-state index contributed by atoms with van der Waals surface area (Å²) in [7, 11) is -1.06. The van der Waals surface area contributed by atoms with E-state index >= 15 is 0 Å². The molecule has 0 aliphatic rings. The minimum atomic E-state index is -4.04. The minimum Gasteiger partial charge on any atom is -0.494 e. The van der Waals surface area contributed by atoms with Crippen molar-refractivity contribution in [1.82, 2.24) is 19.7 Å². The fraction of sp³-hybridized carbons (Fsp3) is 0.222. The molecule has 4 rings (SSSR count). The van der Waals surface area contributed by atoms with Gasteiger partial charge in [0.05, 0.1) is 42.7 Å². The van der Waals surface area contributed by atoms with Crippen molar-refractivity contribution in [2.45, 2.75) is 25.5 Å². The fourth-order valence-corrected chi connectivity index (χ4v) is 5.04. The van der Waals surface area contributed by atoms with Crippen LogP contribution < -0.4 is 14.2 Å². The van der Waals surface area contributed by atoms with E-state index in [1.165, 1.54) is 31.8 Å².